The van der Waals surface area contributed by atoms with Crippen LogP contribution >= 0.6 is 0 Å². The molecule has 1 heterocycles. The molecule has 1 atom stereocenters. The molecule has 0 saturated carbocycles. The van der Waals surface area contributed by atoms with E-state index in [1.165, 1.54) is 6.20 Å². The fourth-order valence-corrected chi connectivity index (χ4v) is 0.832. The first-order chi connectivity index (χ1) is 5.24. The van der Waals surface area contributed by atoms with Crippen molar-refractivity contribution < 1.29 is 9.52 Å². The smallest absolute Gasteiger partial charge is 0.191 e. The molecular weight excluding hydrogens is 144 g/mol. The molecule has 0 aliphatic rings. The highest BCUT2D eigenvalue weighted by molar-refractivity contribution is 4.96. The van der Waals surface area contributed by atoms with Crippen LogP contribution in [0.15, 0.2) is 10.6 Å². The first-order valence-corrected chi connectivity index (χ1v) is 3.54. The van der Waals surface area contributed by atoms with Gasteiger partial charge in [0.15, 0.2) is 11.7 Å². The lowest BCUT2D eigenvalue weighted by Crippen LogP contribution is -2.05. The third-order valence-corrected chi connectivity index (χ3v) is 1.41. The molecule has 11 heavy (non-hydrogen) atoms. The second-order valence-electron chi connectivity index (χ2n) is 2.37. The Morgan fingerprint density at radius 2 is 2.55 bits per heavy atom. The summed E-state index contributed by atoms with van der Waals surface area (Å²) in [6, 6.07) is 0. The second-order valence-corrected chi connectivity index (χ2v) is 2.37. The Balaban J connectivity index is 2.60. The topological polar surface area (TPSA) is 72.3 Å². The molecule has 0 amide bonds. The molecule has 0 aliphatic heterocycles. The second kappa shape index (κ2) is 3.50. The van der Waals surface area contributed by atoms with Gasteiger partial charge in [0.2, 0.25) is 0 Å². The Hall–Kier alpha value is -0.870. The largest absolute Gasteiger partial charge is 0.443 e. The molecule has 1 rings (SSSR count). The summed E-state index contributed by atoms with van der Waals surface area (Å²) < 4.78 is 5.08. The summed E-state index contributed by atoms with van der Waals surface area (Å²) in [6.45, 7) is 2.18. The van der Waals surface area contributed by atoms with Gasteiger partial charge in [0.1, 0.15) is 6.10 Å². The number of aryl methyl sites for hydroxylation is 1. The van der Waals surface area contributed by atoms with Crippen molar-refractivity contribution in [2.24, 2.45) is 5.73 Å². The van der Waals surface area contributed by atoms with Crippen LogP contribution in [0.25, 0.3) is 0 Å². The molecule has 1 aromatic rings. The SMILES string of the molecule is Cc1ncc(C(O)CCN)o1. The van der Waals surface area contributed by atoms with Crippen LogP contribution in [0, 0.1) is 6.92 Å². The molecule has 0 aromatic carbocycles. The Kier molecular flexibility index (Phi) is 2.62. The van der Waals surface area contributed by atoms with Gasteiger partial charge in [-0.05, 0) is 13.0 Å². The van der Waals surface area contributed by atoms with E-state index in [0.717, 1.165) is 0 Å². The third kappa shape index (κ3) is 2.03. The summed E-state index contributed by atoms with van der Waals surface area (Å²) in [7, 11) is 0. The van der Waals surface area contributed by atoms with Gasteiger partial charge in [-0.1, -0.05) is 0 Å². The van der Waals surface area contributed by atoms with E-state index in [-0.39, 0.29) is 0 Å². The van der Waals surface area contributed by atoms with Crippen LogP contribution in [-0.2, 0) is 0 Å². The number of aliphatic hydroxyl groups is 1. The highest BCUT2D eigenvalue weighted by atomic mass is 16.4. The number of oxazole rings is 1. The van der Waals surface area contributed by atoms with E-state index in [4.69, 9.17) is 10.2 Å². The molecule has 0 saturated heterocycles. The predicted molar refractivity (Wildman–Crippen MR) is 39.9 cm³/mol. The highest BCUT2D eigenvalue weighted by Crippen LogP contribution is 2.15. The normalized spacial score (nSPS) is 13.4. The summed E-state index contributed by atoms with van der Waals surface area (Å²) in [4.78, 5) is 3.85. The van der Waals surface area contributed by atoms with E-state index < -0.39 is 6.10 Å². The van der Waals surface area contributed by atoms with E-state index in [2.05, 4.69) is 4.98 Å². The van der Waals surface area contributed by atoms with Crippen LogP contribution in [0.2, 0.25) is 0 Å². The lowest BCUT2D eigenvalue weighted by molar-refractivity contribution is 0.141. The van der Waals surface area contributed by atoms with Crippen molar-refractivity contribution in [1.82, 2.24) is 4.98 Å². The van der Waals surface area contributed by atoms with Gasteiger partial charge >= 0.3 is 0 Å². The minimum absolute atomic E-state index is 0.445. The highest BCUT2D eigenvalue weighted by Gasteiger charge is 2.10. The van der Waals surface area contributed by atoms with Crippen molar-refractivity contribution in [3.63, 3.8) is 0 Å². The molecule has 1 aromatic heterocycles. The average Bonchev–Trinajstić information content (AvgIpc) is 2.36. The van der Waals surface area contributed by atoms with Crippen LogP contribution in [0.4, 0.5) is 0 Å². The Labute approximate surface area is 65.0 Å². The van der Waals surface area contributed by atoms with Gasteiger partial charge in [-0.3, -0.25) is 0 Å². The van der Waals surface area contributed by atoms with Gasteiger partial charge in [-0.2, -0.15) is 0 Å². The minimum atomic E-state index is -0.610. The molecule has 4 heteroatoms. The lowest BCUT2D eigenvalue weighted by atomic mass is 10.2. The summed E-state index contributed by atoms with van der Waals surface area (Å²) in [5, 5.41) is 9.32. The Bertz CT molecular complexity index is 222. The van der Waals surface area contributed by atoms with E-state index >= 15 is 0 Å². The maximum Gasteiger partial charge on any atom is 0.191 e. The fourth-order valence-electron chi connectivity index (χ4n) is 0.832. The van der Waals surface area contributed by atoms with Gasteiger partial charge in [0, 0.05) is 6.92 Å². The number of nitrogens with two attached hydrogens (primary N) is 1. The van der Waals surface area contributed by atoms with Crippen molar-refractivity contribution >= 4 is 0 Å². The average molecular weight is 156 g/mol. The quantitative estimate of drug-likeness (QED) is 0.663. The Morgan fingerprint density at radius 3 is 3.00 bits per heavy atom. The third-order valence-electron chi connectivity index (χ3n) is 1.41. The molecular formula is C7H12N2O2. The monoisotopic (exact) mass is 156 g/mol. The molecule has 0 fully saturated rings. The van der Waals surface area contributed by atoms with Gasteiger partial charge in [-0.25, -0.2) is 4.98 Å². The minimum Gasteiger partial charge on any atom is -0.443 e. The summed E-state index contributed by atoms with van der Waals surface area (Å²) in [5.41, 5.74) is 5.25. The zero-order valence-electron chi connectivity index (χ0n) is 6.45. The number of hydrogen-bond acceptors (Lipinski definition) is 4. The molecule has 3 N–H and O–H groups in total. The van der Waals surface area contributed by atoms with Crippen LogP contribution in [-0.4, -0.2) is 16.6 Å². The van der Waals surface area contributed by atoms with Gasteiger partial charge in [0.05, 0.1) is 6.20 Å². The Morgan fingerprint density at radius 1 is 1.82 bits per heavy atom. The number of hydrogen-bond donors (Lipinski definition) is 2. The predicted octanol–water partition coefficient (Wildman–Crippen LogP) is 0.365. The summed E-state index contributed by atoms with van der Waals surface area (Å²) in [5.74, 6) is 1.06. The van der Waals surface area contributed by atoms with Gasteiger partial charge < -0.3 is 15.3 Å². The first kappa shape index (κ1) is 8.23. The fraction of sp³-hybridized carbons (Fsp3) is 0.571. The van der Waals surface area contributed by atoms with Crippen molar-refractivity contribution in [3.8, 4) is 0 Å². The van der Waals surface area contributed by atoms with Crippen molar-refractivity contribution in [2.45, 2.75) is 19.4 Å². The first-order valence-electron chi connectivity index (χ1n) is 3.54. The summed E-state index contributed by atoms with van der Waals surface area (Å²) in [6.07, 6.45) is 1.42. The maximum atomic E-state index is 9.32. The number of rotatable bonds is 3. The van der Waals surface area contributed by atoms with Gasteiger partial charge in [-0.15, -0.1) is 0 Å². The van der Waals surface area contributed by atoms with Crippen molar-refractivity contribution in [2.75, 3.05) is 6.54 Å². The number of nitrogens with zero attached hydrogens (tertiary/aromatic N) is 1. The van der Waals surface area contributed by atoms with Crippen LogP contribution in [0.3, 0.4) is 0 Å². The van der Waals surface area contributed by atoms with Crippen LogP contribution in [0.5, 0.6) is 0 Å². The molecule has 0 bridgehead atoms. The van der Waals surface area contributed by atoms with E-state index in [9.17, 15) is 5.11 Å². The molecule has 0 spiro atoms. The molecule has 0 aliphatic carbocycles. The zero-order valence-corrected chi connectivity index (χ0v) is 6.45. The maximum absolute atomic E-state index is 9.32. The van der Waals surface area contributed by atoms with Crippen molar-refractivity contribution in [1.29, 1.82) is 0 Å². The summed E-state index contributed by atoms with van der Waals surface area (Å²) >= 11 is 0. The standard InChI is InChI=1S/C7H12N2O2/c1-5-9-4-7(11-5)6(10)2-3-8/h4,6,10H,2-3,8H2,1H3. The van der Waals surface area contributed by atoms with Crippen LogP contribution < -0.4 is 5.73 Å². The molecule has 62 valence electrons. The van der Waals surface area contributed by atoms with E-state index in [1.807, 2.05) is 0 Å². The number of aliphatic hydroxyl groups excluding tert-OH is 1. The van der Waals surface area contributed by atoms with Crippen molar-refractivity contribution in [3.05, 3.63) is 17.8 Å². The van der Waals surface area contributed by atoms with Gasteiger partial charge in [0.25, 0.3) is 0 Å². The van der Waals surface area contributed by atoms with Crippen LogP contribution in [0.1, 0.15) is 24.2 Å². The molecule has 0 radical (unpaired) electrons. The van der Waals surface area contributed by atoms with E-state index in [0.29, 0.717) is 24.6 Å². The zero-order chi connectivity index (χ0) is 8.27. The molecule has 4 nitrogen and oxygen atoms in total. The molecule has 1 unspecified atom stereocenters. The van der Waals surface area contributed by atoms with E-state index in [1.54, 1.807) is 6.92 Å². The lowest BCUT2D eigenvalue weighted by Gasteiger charge is -2.02. The number of aromatic nitrogens is 1.